The van der Waals surface area contributed by atoms with Crippen molar-refractivity contribution in [3.8, 4) is 11.5 Å². The van der Waals surface area contributed by atoms with Crippen LogP contribution in [0.4, 0.5) is 0 Å². The molecular weight excluding hydrogens is 386 g/mol. The number of nitrogens with one attached hydrogen (secondary N) is 1. The molecule has 0 unspecified atom stereocenters. The van der Waals surface area contributed by atoms with Crippen molar-refractivity contribution in [3.05, 3.63) is 35.7 Å². The maximum Gasteiger partial charge on any atom is 0.230 e. The Morgan fingerprint density at radius 2 is 1.83 bits per heavy atom. The fourth-order valence-corrected chi connectivity index (χ4v) is 4.62. The third kappa shape index (κ3) is 5.92. The summed E-state index contributed by atoms with van der Waals surface area (Å²) < 4.78 is 13.4. The van der Waals surface area contributed by atoms with Crippen molar-refractivity contribution in [2.24, 2.45) is 0 Å². The lowest BCUT2D eigenvalue weighted by molar-refractivity contribution is -0.118. The van der Waals surface area contributed by atoms with E-state index in [4.69, 9.17) is 14.5 Å². The van der Waals surface area contributed by atoms with Gasteiger partial charge < -0.3 is 19.4 Å². The van der Waals surface area contributed by atoms with Gasteiger partial charge in [-0.3, -0.25) is 4.79 Å². The fraction of sp³-hybridized carbons (Fsp3) is 0.545. The van der Waals surface area contributed by atoms with Crippen molar-refractivity contribution in [1.29, 1.82) is 0 Å². The second-order valence-electron chi connectivity index (χ2n) is 7.26. The van der Waals surface area contributed by atoms with Crippen molar-refractivity contribution in [3.63, 3.8) is 0 Å². The van der Waals surface area contributed by atoms with Crippen molar-refractivity contribution >= 4 is 17.7 Å². The highest BCUT2D eigenvalue weighted by Gasteiger charge is 2.23. The van der Waals surface area contributed by atoms with Gasteiger partial charge in [0.15, 0.2) is 5.16 Å². The van der Waals surface area contributed by atoms with Crippen molar-refractivity contribution in [2.75, 3.05) is 25.5 Å². The van der Waals surface area contributed by atoms with Crippen LogP contribution < -0.4 is 14.8 Å². The minimum absolute atomic E-state index is 0.00146. The van der Waals surface area contributed by atoms with Gasteiger partial charge in [0.1, 0.15) is 18.1 Å². The van der Waals surface area contributed by atoms with Crippen LogP contribution in [0, 0.1) is 13.8 Å². The molecule has 2 aromatic rings. The summed E-state index contributed by atoms with van der Waals surface area (Å²) in [6.07, 6.45) is 4.97. The Morgan fingerprint density at radius 3 is 2.48 bits per heavy atom. The number of imidazole rings is 1. The third-order valence-corrected chi connectivity index (χ3v) is 6.16. The second kappa shape index (κ2) is 10.6. The Labute approximate surface area is 177 Å². The summed E-state index contributed by atoms with van der Waals surface area (Å²) in [5.74, 6) is 1.96. The lowest BCUT2D eigenvalue weighted by atomic mass is 10.2. The number of ether oxygens (including phenoxy) is 2. The summed E-state index contributed by atoms with van der Waals surface area (Å²) in [6, 6.07) is 8.03. The molecule has 1 aromatic heterocycles. The van der Waals surface area contributed by atoms with E-state index in [-0.39, 0.29) is 5.91 Å². The second-order valence-corrected chi connectivity index (χ2v) is 8.21. The first-order valence-electron chi connectivity index (χ1n) is 10.4. The van der Waals surface area contributed by atoms with Crippen LogP contribution in [-0.2, 0) is 4.79 Å². The minimum Gasteiger partial charge on any atom is -0.494 e. The highest BCUT2D eigenvalue weighted by atomic mass is 32.2. The van der Waals surface area contributed by atoms with Gasteiger partial charge >= 0.3 is 0 Å². The van der Waals surface area contributed by atoms with E-state index < -0.39 is 0 Å². The number of hydrogen-bond donors (Lipinski definition) is 1. The van der Waals surface area contributed by atoms with E-state index in [0.717, 1.165) is 22.3 Å². The van der Waals surface area contributed by atoms with Crippen LogP contribution in [0.1, 0.15) is 50.0 Å². The highest BCUT2D eigenvalue weighted by molar-refractivity contribution is 7.99. The molecule has 0 spiro atoms. The quantitative estimate of drug-likeness (QED) is 0.461. The highest BCUT2D eigenvalue weighted by Crippen LogP contribution is 2.35. The third-order valence-electron chi connectivity index (χ3n) is 5.20. The summed E-state index contributed by atoms with van der Waals surface area (Å²) in [5.41, 5.74) is 2.28. The van der Waals surface area contributed by atoms with Gasteiger partial charge in [-0.25, -0.2) is 4.98 Å². The first-order valence-corrected chi connectivity index (χ1v) is 11.4. The lowest BCUT2D eigenvalue weighted by Gasteiger charge is -2.16. The summed E-state index contributed by atoms with van der Waals surface area (Å²) in [4.78, 5) is 16.9. The zero-order chi connectivity index (χ0) is 20.6. The van der Waals surface area contributed by atoms with Gasteiger partial charge in [-0.15, -0.1) is 0 Å². The van der Waals surface area contributed by atoms with Gasteiger partial charge in [0, 0.05) is 11.7 Å². The van der Waals surface area contributed by atoms with Gasteiger partial charge in [-0.1, -0.05) is 24.6 Å². The molecule has 1 amide bonds. The topological polar surface area (TPSA) is 65.4 Å². The molecule has 7 heteroatoms. The summed E-state index contributed by atoms with van der Waals surface area (Å²) in [7, 11) is 0. The Bertz CT molecular complexity index is 798. The molecule has 1 aliphatic rings. The zero-order valence-corrected chi connectivity index (χ0v) is 18.4. The Hall–Kier alpha value is -2.15. The number of benzene rings is 1. The predicted molar refractivity (Wildman–Crippen MR) is 116 cm³/mol. The van der Waals surface area contributed by atoms with Gasteiger partial charge in [0.2, 0.25) is 5.91 Å². The maximum absolute atomic E-state index is 12.2. The minimum atomic E-state index is 0.00146. The molecule has 3 rings (SSSR count). The van der Waals surface area contributed by atoms with E-state index in [9.17, 15) is 4.79 Å². The molecule has 0 aliphatic heterocycles. The number of thioether (sulfide) groups is 1. The van der Waals surface area contributed by atoms with Gasteiger partial charge in [-0.2, -0.15) is 0 Å². The number of amides is 1. The average Bonchev–Trinajstić information content (AvgIpc) is 3.33. The molecule has 0 bridgehead atoms. The van der Waals surface area contributed by atoms with Crippen LogP contribution in [0.3, 0.4) is 0 Å². The molecule has 1 fully saturated rings. The molecule has 0 saturated heterocycles. The number of nitrogens with zero attached hydrogens (tertiary/aromatic N) is 2. The van der Waals surface area contributed by atoms with Crippen LogP contribution in [0.15, 0.2) is 29.4 Å². The van der Waals surface area contributed by atoms with Gasteiger partial charge in [0.25, 0.3) is 0 Å². The monoisotopic (exact) mass is 417 g/mol. The van der Waals surface area contributed by atoms with E-state index >= 15 is 0 Å². The molecular formula is C22H31N3O3S. The number of carbonyl (C=O) groups excluding carboxylic acids is 1. The van der Waals surface area contributed by atoms with Crippen LogP contribution in [0.25, 0.3) is 0 Å². The molecule has 1 N–H and O–H groups in total. The standard InChI is InChI=1S/C22H31N3O3S/c1-4-27-19-9-11-20(12-10-19)28-14-13-23-21(26)15-29-22-24-16(2)17(3)25(22)18-7-5-6-8-18/h9-12,18H,4-8,13-15H2,1-3H3,(H,23,26). The predicted octanol–water partition coefficient (Wildman–Crippen LogP) is 4.30. The molecule has 0 radical (unpaired) electrons. The number of rotatable bonds is 10. The first-order chi connectivity index (χ1) is 14.1. The molecule has 6 nitrogen and oxygen atoms in total. The summed E-state index contributed by atoms with van der Waals surface area (Å²) >= 11 is 1.52. The van der Waals surface area contributed by atoms with E-state index in [1.165, 1.54) is 43.1 Å². The SMILES string of the molecule is CCOc1ccc(OCCNC(=O)CSc2nc(C)c(C)n2C2CCCC2)cc1. The van der Waals surface area contributed by atoms with Crippen LogP contribution in [0.5, 0.6) is 11.5 Å². The molecule has 1 saturated carbocycles. The smallest absolute Gasteiger partial charge is 0.230 e. The molecule has 29 heavy (non-hydrogen) atoms. The molecule has 0 atom stereocenters. The normalized spacial score (nSPS) is 14.2. The molecule has 158 valence electrons. The first kappa shape index (κ1) is 21.6. The number of aromatic nitrogens is 2. The van der Waals surface area contributed by atoms with Crippen molar-refractivity contribution in [2.45, 2.75) is 57.7 Å². The largest absolute Gasteiger partial charge is 0.494 e. The zero-order valence-electron chi connectivity index (χ0n) is 17.6. The van der Waals surface area contributed by atoms with E-state index in [2.05, 4.69) is 16.8 Å². The van der Waals surface area contributed by atoms with E-state index in [0.29, 0.717) is 31.6 Å². The van der Waals surface area contributed by atoms with Crippen LogP contribution in [0.2, 0.25) is 0 Å². The fourth-order valence-electron chi connectivity index (χ4n) is 3.63. The van der Waals surface area contributed by atoms with Crippen LogP contribution >= 0.6 is 11.8 Å². The molecule has 1 aromatic carbocycles. The summed E-state index contributed by atoms with van der Waals surface area (Å²) in [5, 5.41) is 3.88. The van der Waals surface area contributed by atoms with E-state index in [1.807, 2.05) is 38.1 Å². The van der Waals surface area contributed by atoms with E-state index in [1.54, 1.807) is 0 Å². The van der Waals surface area contributed by atoms with Gasteiger partial charge in [0.05, 0.1) is 24.6 Å². The molecule has 1 heterocycles. The molecule has 1 aliphatic carbocycles. The average molecular weight is 418 g/mol. The number of hydrogen-bond acceptors (Lipinski definition) is 5. The van der Waals surface area contributed by atoms with Gasteiger partial charge in [-0.05, 0) is 57.9 Å². The van der Waals surface area contributed by atoms with Crippen molar-refractivity contribution < 1.29 is 14.3 Å². The maximum atomic E-state index is 12.2. The Balaban J connectivity index is 1.41. The Kier molecular flexibility index (Phi) is 7.86. The Morgan fingerprint density at radius 1 is 1.17 bits per heavy atom. The number of aryl methyl sites for hydroxylation is 1. The van der Waals surface area contributed by atoms with Crippen LogP contribution in [-0.4, -0.2) is 41.0 Å². The lowest BCUT2D eigenvalue weighted by Crippen LogP contribution is -2.29. The summed E-state index contributed by atoms with van der Waals surface area (Å²) in [6.45, 7) is 7.67. The van der Waals surface area contributed by atoms with Crippen molar-refractivity contribution in [1.82, 2.24) is 14.9 Å². The number of carbonyl (C=O) groups is 1.